The number of nitrogens with zero attached hydrogens (tertiary/aromatic N) is 2. The second-order valence-corrected chi connectivity index (χ2v) is 5.89. The average molecular weight is 371 g/mol. The van der Waals surface area contributed by atoms with E-state index in [0.29, 0.717) is 28.2 Å². The normalized spacial score (nSPS) is 10.2. The number of nitrogens with one attached hydrogen (secondary N) is 1. The van der Waals surface area contributed by atoms with E-state index < -0.39 is 0 Å². The number of anilines is 1. The van der Waals surface area contributed by atoms with Crippen molar-refractivity contribution in [3.8, 4) is 28.6 Å². The molecule has 3 rings (SSSR count). The lowest BCUT2D eigenvalue weighted by Gasteiger charge is -2.09. The number of benzene rings is 2. The fourth-order valence-electron chi connectivity index (χ4n) is 2.19. The lowest BCUT2D eigenvalue weighted by molar-refractivity contribution is -0.118. The van der Waals surface area contributed by atoms with Gasteiger partial charge in [0.05, 0.1) is 14.2 Å². The molecular formula is C18H17N3O4S. The van der Waals surface area contributed by atoms with Crippen LogP contribution in [0.3, 0.4) is 0 Å². The highest BCUT2D eigenvalue weighted by atomic mass is 32.1. The molecule has 1 aromatic heterocycles. The molecular weight excluding hydrogens is 354 g/mol. The number of para-hydroxylation sites is 2. The Labute approximate surface area is 154 Å². The molecule has 1 amide bonds. The predicted molar refractivity (Wildman–Crippen MR) is 99.0 cm³/mol. The van der Waals surface area contributed by atoms with Crippen LogP contribution >= 0.6 is 11.5 Å². The van der Waals surface area contributed by atoms with Gasteiger partial charge in [0, 0.05) is 17.1 Å². The van der Waals surface area contributed by atoms with Crippen molar-refractivity contribution in [3.63, 3.8) is 0 Å². The van der Waals surface area contributed by atoms with Crippen LogP contribution < -0.4 is 19.5 Å². The molecule has 0 aliphatic rings. The summed E-state index contributed by atoms with van der Waals surface area (Å²) in [6.07, 6.45) is 0. The third-order valence-electron chi connectivity index (χ3n) is 3.43. The number of aromatic nitrogens is 2. The maximum Gasteiger partial charge on any atom is 0.264 e. The molecule has 0 saturated carbocycles. The highest BCUT2D eigenvalue weighted by molar-refractivity contribution is 7.10. The Kier molecular flexibility index (Phi) is 5.65. The molecule has 0 radical (unpaired) electrons. The largest absolute Gasteiger partial charge is 0.497 e. The van der Waals surface area contributed by atoms with Gasteiger partial charge in [-0.1, -0.05) is 24.3 Å². The van der Waals surface area contributed by atoms with E-state index >= 15 is 0 Å². The van der Waals surface area contributed by atoms with Gasteiger partial charge in [0.15, 0.2) is 23.9 Å². The molecule has 0 fully saturated rings. The van der Waals surface area contributed by atoms with E-state index in [-0.39, 0.29) is 12.5 Å². The van der Waals surface area contributed by atoms with Gasteiger partial charge >= 0.3 is 0 Å². The van der Waals surface area contributed by atoms with Gasteiger partial charge in [-0.3, -0.25) is 10.1 Å². The number of carbonyl (C=O) groups excluding carboxylic acids is 1. The zero-order valence-electron chi connectivity index (χ0n) is 14.3. The van der Waals surface area contributed by atoms with E-state index in [1.807, 2.05) is 30.3 Å². The van der Waals surface area contributed by atoms with Crippen molar-refractivity contribution in [2.24, 2.45) is 0 Å². The standard InChI is InChI=1S/C18H17N3O4S/c1-23-13-7-5-6-12(10-13)17-20-18(26-21-17)19-16(22)11-25-15-9-4-3-8-14(15)24-2/h3-10H,11H2,1-2H3,(H,19,20,21,22). The van der Waals surface area contributed by atoms with Crippen molar-refractivity contribution in [1.29, 1.82) is 0 Å². The first-order chi connectivity index (χ1) is 12.7. The summed E-state index contributed by atoms with van der Waals surface area (Å²) in [5.74, 6) is 1.98. The minimum Gasteiger partial charge on any atom is -0.497 e. The van der Waals surface area contributed by atoms with Crippen LogP contribution in [-0.2, 0) is 4.79 Å². The molecule has 26 heavy (non-hydrogen) atoms. The lowest BCUT2D eigenvalue weighted by atomic mass is 10.2. The Hall–Kier alpha value is -3.13. The van der Waals surface area contributed by atoms with Gasteiger partial charge in [-0.25, -0.2) is 0 Å². The van der Waals surface area contributed by atoms with Crippen molar-refractivity contribution < 1.29 is 19.0 Å². The highest BCUT2D eigenvalue weighted by Crippen LogP contribution is 2.26. The molecule has 8 heteroatoms. The molecule has 7 nitrogen and oxygen atoms in total. The predicted octanol–water partition coefficient (Wildman–Crippen LogP) is 3.24. The van der Waals surface area contributed by atoms with E-state index in [1.54, 1.807) is 32.4 Å². The van der Waals surface area contributed by atoms with Crippen molar-refractivity contribution >= 4 is 22.6 Å². The Morgan fingerprint density at radius 2 is 1.88 bits per heavy atom. The zero-order valence-corrected chi connectivity index (χ0v) is 15.1. The maximum absolute atomic E-state index is 12.1. The van der Waals surface area contributed by atoms with Gasteiger partial charge in [0.1, 0.15) is 5.75 Å². The first-order valence-electron chi connectivity index (χ1n) is 7.73. The minimum atomic E-state index is -0.329. The smallest absolute Gasteiger partial charge is 0.264 e. The third kappa shape index (κ3) is 4.28. The molecule has 0 unspecified atom stereocenters. The fraction of sp³-hybridized carbons (Fsp3) is 0.167. The number of carbonyl (C=O) groups is 1. The Morgan fingerprint density at radius 3 is 2.65 bits per heavy atom. The van der Waals surface area contributed by atoms with Crippen molar-refractivity contribution in [2.75, 3.05) is 26.1 Å². The van der Waals surface area contributed by atoms with Crippen molar-refractivity contribution in [3.05, 3.63) is 48.5 Å². The van der Waals surface area contributed by atoms with Gasteiger partial charge in [-0.05, 0) is 24.3 Å². The van der Waals surface area contributed by atoms with Gasteiger partial charge < -0.3 is 14.2 Å². The minimum absolute atomic E-state index is 0.158. The van der Waals surface area contributed by atoms with Gasteiger partial charge in [-0.2, -0.15) is 9.36 Å². The topological polar surface area (TPSA) is 82.6 Å². The number of rotatable bonds is 7. The molecule has 0 atom stereocenters. The first kappa shape index (κ1) is 17.7. The zero-order chi connectivity index (χ0) is 18.4. The van der Waals surface area contributed by atoms with Crippen LogP contribution in [0.4, 0.5) is 5.13 Å². The summed E-state index contributed by atoms with van der Waals surface area (Å²) in [6.45, 7) is -0.158. The molecule has 0 aliphatic carbocycles. The number of amides is 1. The number of hydrogen-bond donors (Lipinski definition) is 1. The summed E-state index contributed by atoms with van der Waals surface area (Å²) in [7, 11) is 3.14. The summed E-state index contributed by atoms with van der Waals surface area (Å²) < 4.78 is 20.1. The third-order valence-corrected chi connectivity index (χ3v) is 4.06. The highest BCUT2D eigenvalue weighted by Gasteiger charge is 2.12. The van der Waals surface area contributed by atoms with E-state index in [2.05, 4.69) is 14.7 Å². The quantitative estimate of drug-likeness (QED) is 0.687. The first-order valence-corrected chi connectivity index (χ1v) is 8.50. The summed E-state index contributed by atoms with van der Waals surface area (Å²) in [4.78, 5) is 16.4. The monoisotopic (exact) mass is 371 g/mol. The lowest BCUT2D eigenvalue weighted by Crippen LogP contribution is -2.20. The molecule has 0 saturated heterocycles. The molecule has 2 aromatic carbocycles. The van der Waals surface area contributed by atoms with Crippen LogP contribution in [0.15, 0.2) is 48.5 Å². The molecule has 1 N–H and O–H groups in total. The Morgan fingerprint density at radius 1 is 1.08 bits per heavy atom. The Balaban J connectivity index is 1.61. The van der Waals surface area contributed by atoms with Crippen LogP contribution in [0.1, 0.15) is 0 Å². The van der Waals surface area contributed by atoms with Crippen LogP contribution in [-0.4, -0.2) is 36.1 Å². The fourth-order valence-corrected chi connectivity index (χ4v) is 2.80. The molecule has 1 heterocycles. The van der Waals surface area contributed by atoms with E-state index in [0.717, 1.165) is 17.1 Å². The molecule has 0 aliphatic heterocycles. The van der Waals surface area contributed by atoms with Gasteiger partial charge in [0.2, 0.25) is 5.13 Å². The Bertz CT molecular complexity index is 897. The van der Waals surface area contributed by atoms with Crippen molar-refractivity contribution in [1.82, 2.24) is 9.36 Å². The molecule has 3 aromatic rings. The van der Waals surface area contributed by atoms with E-state index in [9.17, 15) is 4.79 Å². The number of hydrogen-bond acceptors (Lipinski definition) is 7. The summed E-state index contributed by atoms with van der Waals surface area (Å²) in [5, 5.41) is 3.08. The molecule has 134 valence electrons. The van der Waals surface area contributed by atoms with Crippen LogP contribution in [0.25, 0.3) is 11.4 Å². The number of methoxy groups -OCH3 is 2. The maximum atomic E-state index is 12.1. The van der Waals surface area contributed by atoms with Crippen LogP contribution in [0, 0.1) is 0 Å². The SMILES string of the molecule is COc1cccc(-c2nsc(NC(=O)COc3ccccc3OC)n2)c1. The van der Waals surface area contributed by atoms with Gasteiger partial charge in [-0.15, -0.1) is 0 Å². The molecule has 0 bridgehead atoms. The summed E-state index contributed by atoms with van der Waals surface area (Å²) in [6, 6.07) is 14.5. The second-order valence-electron chi connectivity index (χ2n) is 5.14. The second kappa shape index (κ2) is 8.30. The van der Waals surface area contributed by atoms with Crippen molar-refractivity contribution in [2.45, 2.75) is 0 Å². The number of ether oxygens (including phenoxy) is 3. The summed E-state index contributed by atoms with van der Waals surface area (Å²) >= 11 is 1.10. The van der Waals surface area contributed by atoms with Crippen LogP contribution in [0.2, 0.25) is 0 Å². The van der Waals surface area contributed by atoms with E-state index in [4.69, 9.17) is 14.2 Å². The van der Waals surface area contributed by atoms with Gasteiger partial charge in [0.25, 0.3) is 5.91 Å². The van der Waals surface area contributed by atoms with E-state index in [1.165, 1.54) is 0 Å². The average Bonchev–Trinajstić information content (AvgIpc) is 3.15. The molecule has 0 spiro atoms. The van der Waals surface area contributed by atoms with Crippen LogP contribution in [0.5, 0.6) is 17.2 Å². The summed E-state index contributed by atoms with van der Waals surface area (Å²) in [5.41, 5.74) is 0.811.